The number of nitrogens with two attached hydrogens (primary N) is 1. The Balaban J connectivity index is 2.35. The minimum atomic E-state index is -0.221. The minimum Gasteiger partial charge on any atom is -0.355 e. The molecule has 21 heavy (non-hydrogen) atoms. The van der Waals surface area contributed by atoms with Crippen LogP contribution in [0.1, 0.15) is 30.9 Å². The number of nitrogen functional groups attached to an aromatic ring is 1. The van der Waals surface area contributed by atoms with Gasteiger partial charge in [-0.2, -0.15) is 0 Å². The summed E-state index contributed by atoms with van der Waals surface area (Å²) < 4.78 is 13.8. The van der Waals surface area contributed by atoms with Gasteiger partial charge in [0.05, 0.1) is 0 Å². The fourth-order valence-corrected chi connectivity index (χ4v) is 2.29. The van der Waals surface area contributed by atoms with Gasteiger partial charge in [0.25, 0.3) is 0 Å². The number of nitrogens with zero attached hydrogens (tertiary/aromatic N) is 3. The largest absolute Gasteiger partial charge is 0.355 e. The summed E-state index contributed by atoms with van der Waals surface area (Å²) in [5, 5.41) is 0. The van der Waals surface area contributed by atoms with E-state index in [4.69, 9.17) is 5.84 Å². The van der Waals surface area contributed by atoms with Crippen LogP contribution in [0, 0.1) is 5.82 Å². The summed E-state index contributed by atoms with van der Waals surface area (Å²) in [5.74, 6) is 6.82. The van der Waals surface area contributed by atoms with Gasteiger partial charge in [-0.3, -0.25) is 0 Å². The Morgan fingerprint density at radius 1 is 1.29 bits per heavy atom. The first kappa shape index (κ1) is 15.2. The van der Waals surface area contributed by atoms with Crippen LogP contribution in [0.25, 0.3) is 0 Å². The van der Waals surface area contributed by atoms with Crippen LogP contribution in [0.2, 0.25) is 0 Å². The SMILES string of the molecule is CC(C)c1c(NN)ncnc1N(C)Cc1ccccc1F. The van der Waals surface area contributed by atoms with Gasteiger partial charge in [-0.25, -0.2) is 20.2 Å². The quantitative estimate of drug-likeness (QED) is 0.654. The van der Waals surface area contributed by atoms with Crippen LogP contribution in [0.5, 0.6) is 0 Å². The molecule has 0 aliphatic heterocycles. The Morgan fingerprint density at radius 3 is 2.62 bits per heavy atom. The average molecular weight is 289 g/mol. The van der Waals surface area contributed by atoms with E-state index in [2.05, 4.69) is 15.4 Å². The average Bonchev–Trinajstić information content (AvgIpc) is 2.48. The molecule has 2 rings (SSSR count). The van der Waals surface area contributed by atoms with Crippen LogP contribution in [0.15, 0.2) is 30.6 Å². The lowest BCUT2D eigenvalue weighted by molar-refractivity contribution is 0.607. The Kier molecular flexibility index (Phi) is 4.70. The summed E-state index contributed by atoms with van der Waals surface area (Å²) in [6.45, 7) is 4.51. The van der Waals surface area contributed by atoms with Crippen molar-refractivity contribution in [3.8, 4) is 0 Å². The smallest absolute Gasteiger partial charge is 0.148 e. The van der Waals surface area contributed by atoms with E-state index in [0.717, 1.165) is 11.4 Å². The number of aromatic nitrogens is 2. The topological polar surface area (TPSA) is 67.1 Å². The van der Waals surface area contributed by atoms with Crippen LogP contribution in [-0.4, -0.2) is 17.0 Å². The van der Waals surface area contributed by atoms with E-state index in [1.807, 2.05) is 31.9 Å². The van der Waals surface area contributed by atoms with Gasteiger partial charge in [0.2, 0.25) is 0 Å². The Hall–Kier alpha value is -2.21. The van der Waals surface area contributed by atoms with Gasteiger partial charge < -0.3 is 10.3 Å². The highest BCUT2D eigenvalue weighted by Gasteiger charge is 2.18. The molecule has 0 radical (unpaired) electrons. The predicted molar refractivity (Wildman–Crippen MR) is 82.4 cm³/mol. The molecule has 1 aromatic carbocycles. The molecule has 0 aliphatic rings. The first-order chi connectivity index (χ1) is 10.0. The monoisotopic (exact) mass is 289 g/mol. The van der Waals surface area contributed by atoms with Crippen molar-refractivity contribution in [2.45, 2.75) is 26.3 Å². The zero-order valence-electron chi connectivity index (χ0n) is 12.5. The Bertz CT molecular complexity index is 615. The third-order valence-electron chi connectivity index (χ3n) is 3.30. The standard InChI is InChI=1S/C15H20FN5/c1-10(2)13-14(20-17)18-9-19-15(13)21(3)8-11-6-4-5-7-12(11)16/h4-7,9-10H,8,17H2,1-3H3,(H,18,19,20). The van der Waals surface area contributed by atoms with Crippen molar-refractivity contribution < 1.29 is 4.39 Å². The minimum absolute atomic E-state index is 0.190. The van der Waals surface area contributed by atoms with E-state index in [-0.39, 0.29) is 11.7 Å². The molecule has 0 amide bonds. The normalized spacial score (nSPS) is 10.8. The fourth-order valence-electron chi connectivity index (χ4n) is 2.29. The third-order valence-corrected chi connectivity index (χ3v) is 3.30. The van der Waals surface area contributed by atoms with E-state index < -0.39 is 0 Å². The Morgan fingerprint density at radius 2 is 2.00 bits per heavy atom. The van der Waals surface area contributed by atoms with Crippen LogP contribution >= 0.6 is 0 Å². The van der Waals surface area contributed by atoms with Gasteiger partial charge in [-0.05, 0) is 12.0 Å². The number of nitrogens with one attached hydrogen (secondary N) is 1. The lowest BCUT2D eigenvalue weighted by atomic mass is 10.0. The number of anilines is 2. The zero-order chi connectivity index (χ0) is 15.4. The lowest BCUT2D eigenvalue weighted by Gasteiger charge is -2.24. The van der Waals surface area contributed by atoms with E-state index in [0.29, 0.717) is 17.9 Å². The van der Waals surface area contributed by atoms with Crippen molar-refractivity contribution in [3.63, 3.8) is 0 Å². The molecule has 0 spiro atoms. The van der Waals surface area contributed by atoms with Crippen molar-refractivity contribution in [2.24, 2.45) is 5.84 Å². The van der Waals surface area contributed by atoms with Crippen molar-refractivity contribution in [3.05, 3.63) is 47.5 Å². The van der Waals surface area contributed by atoms with Crippen molar-refractivity contribution in [2.75, 3.05) is 17.4 Å². The molecule has 0 atom stereocenters. The van der Waals surface area contributed by atoms with Crippen LogP contribution in [0.4, 0.5) is 16.0 Å². The molecule has 2 aromatic rings. The van der Waals surface area contributed by atoms with Gasteiger partial charge in [-0.15, -0.1) is 0 Å². The summed E-state index contributed by atoms with van der Waals surface area (Å²) >= 11 is 0. The van der Waals surface area contributed by atoms with Crippen LogP contribution < -0.4 is 16.2 Å². The molecule has 0 aliphatic carbocycles. The summed E-state index contributed by atoms with van der Waals surface area (Å²) in [4.78, 5) is 10.4. The summed E-state index contributed by atoms with van der Waals surface area (Å²) in [6, 6.07) is 6.73. The molecular formula is C15H20FN5. The van der Waals surface area contributed by atoms with Gasteiger partial charge in [0.15, 0.2) is 0 Å². The van der Waals surface area contributed by atoms with Gasteiger partial charge in [0, 0.05) is 24.7 Å². The second kappa shape index (κ2) is 6.49. The number of halogens is 1. The zero-order valence-corrected chi connectivity index (χ0v) is 12.5. The van der Waals surface area contributed by atoms with Crippen LogP contribution in [0.3, 0.4) is 0 Å². The maximum atomic E-state index is 13.8. The molecule has 3 N–H and O–H groups in total. The van der Waals surface area contributed by atoms with Crippen molar-refractivity contribution >= 4 is 11.6 Å². The molecule has 0 fully saturated rings. The summed E-state index contributed by atoms with van der Waals surface area (Å²) in [5.41, 5.74) is 4.13. The molecule has 0 bridgehead atoms. The van der Waals surface area contributed by atoms with Crippen molar-refractivity contribution in [1.82, 2.24) is 9.97 Å². The molecule has 1 aromatic heterocycles. The first-order valence-corrected chi connectivity index (χ1v) is 6.80. The molecule has 5 nitrogen and oxygen atoms in total. The number of rotatable bonds is 5. The molecule has 0 saturated carbocycles. The van der Waals surface area contributed by atoms with Gasteiger partial charge in [-0.1, -0.05) is 32.0 Å². The first-order valence-electron chi connectivity index (χ1n) is 6.80. The summed E-state index contributed by atoms with van der Waals surface area (Å²) in [6.07, 6.45) is 1.45. The van der Waals surface area contributed by atoms with E-state index in [9.17, 15) is 4.39 Å². The highest BCUT2D eigenvalue weighted by molar-refractivity contribution is 5.59. The van der Waals surface area contributed by atoms with E-state index in [1.54, 1.807) is 12.1 Å². The highest BCUT2D eigenvalue weighted by Crippen LogP contribution is 2.30. The maximum absolute atomic E-state index is 13.8. The summed E-state index contributed by atoms with van der Waals surface area (Å²) in [7, 11) is 1.88. The molecule has 6 heteroatoms. The van der Waals surface area contributed by atoms with Crippen LogP contribution in [-0.2, 0) is 6.54 Å². The second-order valence-corrected chi connectivity index (χ2v) is 5.21. The van der Waals surface area contributed by atoms with E-state index in [1.165, 1.54) is 12.4 Å². The molecular weight excluding hydrogens is 269 g/mol. The number of hydrazine groups is 1. The molecule has 112 valence electrons. The fraction of sp³-hybridized carbons (Fsp3) is 0.333. The predicted octanol–water partition coefficient (Wildman–Crippen LogP) is 2.66. The molecule has 0 saturated heterocycles. The lowest BCUT2D eigenvalue weighted by Crippen LogP contribution is -2.22. The second-order valence-electron chi connectivity index (χ2n) is 5.21. The molecule has 0 unspecified atom stereocenters. The number of hydrogen-bond acceptors (Lipinski definition) is 5. The van der Waals surface area contributed by atoms with E-state index >= 15 is 0 Å². The highest BCUT2D eigenvalue weighted by atomic mass is 19.1. The van der Waals surface area contributed by atoms with Crippen molar-refractivity contribution in [1.29, 1.82) is 0 Å². The Labute approximate surface area is 124 Å². The molecule has 1 heterocycles. The number of hydrogen-bond donors (Lipinski definition) is 2. The third kappa shape index (κ3) is 3.28. The van der Waals surface area contributed by atoms with Gasteiger partial charge >= 0.3 is 0 Å². The number of benzene rings is 1. The maximum Gasteiger partial charge on any atom is 0.148 e. The van der Waals surface area contributed by atoms with Gasteiger partial charge in [0.1, 0.15) is 23.8 Å².